The summed E-state index contributed by atoms with van der Waals surface area (Å²) < 4.78 is 57.8. The first-order valence-corrected chi connectivity index (χ1v) is 12.6. The van der Waals surface area contributed by atoms with Gasteiger partial charge in [0.05, 0.1) is 16.1 Å². The molecule has 1 heterocycles. The molecule has 0 spiro atoms. The molecule has 0 saturated carbocycles. The average molecular weight is 499 g/mol. The summed E-state index contributed by atoms with van der Waals surface area (Å²) in [6.45, 7) is 1.85. The number of benzene rings is 2. The summed E-state index contributed by atoms with van der Waals surface area (Å²) in [4.78, 5) is 24.9. The Morgan fingerprint density at radius 1 is 1.12 bits per heavy atom. The van der Waals surface area contributed by atoms with Crippen molar-refractivity contribution in [2.45, 2.75) is 41.7 Å². The maximum Gasteiger partial charge on any atom is 0.338 e. The second-order valence-corrected chi connectivity index (χ2v) is 10.4. The first kappa shape index (κ1) is 25.1. The number of ether oxygens (including phenoxy) is 1. The van der Waals surface area contributed by atoms with Crippen LogP contribution < -0.4 is 5.32 Å². The van der Waals surface area contributed by atoms with Crippen molar-refractivity contribution in [1.82, 2.24) is 4.31 Å². The Balaban J connectivity index is 1.66. The van der Waals surface area contributed by atoms with E-state index in [2.05, 4.69) is 5.32 Å². The molecule has 2 aromatic rings. The smallest absolute Gasteiger partial charge is 0.338 e. The second kappa shape index (κ2) is 11.1. The number of rotatable bonds is 8. The number of sulfonamides is 1. The number of nitrogens with zero attached hydrogens (tertiary/aromatic N) is 1. The lowest BCUT2D eigenvalue weighted by atomic mass is 10.1. The van der Waals surface area contributed by atoms with Crippen LogP contribution in [0.5, 0.6) is 0 Å². The van der Waals surface area contributed by atoms with Crippen LogP contribution in [0.1, 0.15) is 35.2 Å². The van der Waals surface area contributed by atoms with Crippen LogP contribution >= 0.6 is 11.8 Å². The highest BCUT2D eigenvalue weighted by Crippen LogP contribution is 2.31. The standard InChI is InChI=1S/C22H24F2N2O5S2/c1-15-9-10-16(13-19(15)33(29,30)26-11-5-2-6-12-26)21(28)31-14-20(27)25-17-7-3-4-8-18(17)32-22(23)24/h3-4,7-10,13,22H,2,5-6,11-12,14H2,1H3,(H,25,27). The Morgan fingerprint density at radius 3 is 2.52 bits per heavy atom. The Hall–Kier alpha value is -2.50. The number of halogens is 2. The van der Waals surface area contributed by atoms with E-state index in [1.54, 1.807) is 19.1 Å². The van der Waals surface area contributed by atoms with Crippen molar-refractivity contribution in [3.05, 3.63) is 53.6 Å². The van der Waals surface area contributed by atoms with E-state index >= 15 is 0 Å². The Labute approximate surface area is 195 Å². The lowest BCUT2D eigenvalue weighted by Crippen LogP contribution is -2.36. The van der Waals surface area contributed by atoms with E-state index in [-0.39, 0.29) is 32.8 Å². The number of amides is 1. The van der Waals surface area contributed by atoms with Crippen molar-refractivity contribution >= 4 is 39.3 Å². The molecule has 0 aromatic heterocycles. The summed E-state index contributed by atoms with van der Waals surface area (Å²) in [5, 5.41) is 2.44. The van der Waals surface area contributed by atoms with Crippen molar-refractivity contribution in [2.24, 2.45) is 0 Å². The maximum atomic E-state index is 13.0. The summed E-state index contributed by atoms with van der Waals surface area (Å²) in [5.74, 6) is -4.23. The number of aryl methyl sites for hydroxylation is 1. The zero-order chi connectivity index (χ0) is 24.0. The van der Waals surface area contributed by atoms with Gasteiger partial charge in [0.2, 0.25) is 10.0 Å². The van der Waals surface area contributed by atoms with Gasteiger partial charge in [-0.25, -0.2) is 13.2 Å². The van der Waals surface area contributed by atoms with E-state index in [0.717, 1.165) is 19.3 Å². The van der Waals surface area contributed by atoms with Gasteiger partial charge in [-0.2, -0.15) is 13.1 Å². The highest BCUT2D eigenvalue weighted by molar-refractivity contribution is 7.99. The first-order chi connectivity index (χ1) is 15.7. The van der Waals surface area contributed by atoms with Gasteiger partial charge >= 0.3 is 5.97 Å². The molecule has 1 aliphatic rings. The maximum absolute atomic E-state index is 13.0. The molecule has 3 rings (SSSR count). The molecule has 2 aromatic carbocycles. The van der Waals surface area contributed by atoms with Gasteiger partial charge in [-0.1, -0.05) is 36.4 Å². The van der Waals surface area contributed by atoms with E-state index in [4.69, 9.17) is 4.74 Å². The van der Waals surface area contributed by atoms with Gasteiger partial charge in [0, 0.05) is 18.0 Å². The number of nitrogens with one attached hydrogen (secondary N) is 1. The number of carbonyl (C=O) groups excluding carboxylic acids is 2. The fraction of sp³-hybridized carbons (Fsp3) is 0.364. The normalized spacial score (nSPS) is 14.8. The lowest BCUT2D eigenvalue weighted by molar-refractivity contribution is -0.119. The fourth-order valence-corrected chi connectivity index (χ4v) is 5.78. The molecule has 1 fully saturated rings. The van der Waals surface area contributed by atoms with E-state index in [9.17, 15) is 26.8 Å². The van der Waals surface area contributed by atoms with Crippen LogP contribution in [0.25, 0.3) is 0 Å². The van der Waals surface area contributed by atoms with Crippen molar-refractivity contribution in [2.75, 3.05) is 25.0 Å². The van der Waals surface area contributed by atoms with Crippen molar-refractivity contribution in [3.8, 4) is 0 Å². The SMILES string of the molecule is Cc1ccc(C(=O)OCC(=O)Nc2ccccc2SC(F)F)cc1S(=O)(=O)N1CCCCC1. The molecule has 7 nitrogen and oxygen atoms in total. The Kier molecular flexibility index (Phi) is 8.44. The van der Waals surface area contributed by atoms with Gasteiger partial charge in [0.1, 0.15) is 0 Å². The third-order valence-electron chi connectivity index (χ3n) is 5.07. The van der Waals surface area contributed by atoms with Gasteiger partial charge in [-0.15, -0.1) is 0 Å². The predicted molar refractivity (Wildman–Crippen MR) is 121 cm³/mol. The first-order valence-electron chi connectivity index (χ1n) is 10.3. The van der Waals surface area contributed by atoms with Gasteiger partial charge in [-0.3, -0.25) is 4.79 Å². The summed E-state index contributed by atoms with van der Waals surface area (Å²) in [6, 6.07) is 10.2. The molecule has 1 aliphatic heterocycles. The van der Waals surface area contributed by atoms with Crippen molar-refractivity contribution in [3.63, 3.8) is 0 Å². The van der Waals surface area contributed by atoms with Crippen LogP contribution in [0.3, 0.4) is 0 Å². The van der Waals surface area contributed by atoms with Gasteiger partial charge in [-0.05, 0) is 49.6 Å². The van der Waals surface area contributed by atoms with Crippen molar-refractivity contribution in [1.29, 1.82) is 0 Å². The van der Waals surface area contributed by atoms with Crippen molar-refractivity contribution < 1.29 is 31.5 Å². The van der Waals surface area contributed by atoms with Crippen LogP contribution in [0.15, 0.2) is 52.3 Å². The number of hydrogen-bond acceptors (Lipinski definition) is 6. The highest BCUT2D eigenvalue weighted by atomic mass is 32.2. The summed E-state index contributed by atoms with van der Waals surface area (Å²) >= 11 is 0.288. The Bertz CT molecular complexity index is 1120. The minimum absolute atomic E-state index is 0.00218. The predicted octanol–water partition coefficient (Wildman–Crippen LogP) is 4.28. The monoisotopic (exact) mass is 498 g/mol. The lowest BCUT2D eigenvalue weighted by Gasteiger charge is -2.26. The molecule has 11 heteroatoms. The number of thioether (sulfide) groups is 1. The van der Waals surface area contributed by atoms with Gasteiger partial charge < -0.3 is 10.1 Å². The average Bonchev–Trinajstić information content (AvgIpc) is 2.79. The zero-order valence-electron chi connectivity index (χ0n) is 17.9. The van der Waals surface area contributed by atoms with Gasteiger partial charge in [0.15, 0.2) is 6.61 Å². The number of para-hydroxylation sites is 1. The summed E-state index contributed by atoms with van der Waals surface area (Å²) in [7, 11) is -3.75. The molecule has 1 N–H and O–H groups in total. The van der Waals surface area contributed by atoms with Crippen LogP contribution in [0, 0.1) is 6.92 Å². The third kappa shape index (κ3) is 6.52. The minimum atomic E-state index is -3.75. The fourth-order valence-electron chi connectivity index (χ4n) is 3.42. The summed E-state index contributed by atoms with van der Waals surface area (Å²) in [5.41, 5.74) is 0.676. The number of esters is 1. The van der Waals surface area contributed by atoms with Crippen LogP contribution in [0.4, 0.5) is 14.5 Å². The molecule has 0 bridgehead atoms. The van der Waals surface area contributed by atoms with Crippen LogP contribution in [-0.4, -0.2) is 50.1 Å². The van der Waals surface area contributed by atoms with Gasteiger partial charge in [0.25, 0.3) is 11.7 Å². The molecular formula is C22H24F2N2O5S2. The van der Waals surface area contributed by atoms with Crippen LogP contribution in [0.2, 0.25) is 0 Å². The number of alkyl halides is 2. The second-order valence-electron chi connectivity index (χ2n) is 7.44. The van der Waals surface area contributed by atoms with E-state index in [0.29, 0.717) is 18.7 Å². The topological polar surface area (TPSA) is 92.8 Å². The quantitative estimate of drug-likeness (QED) is 0.431. The van der Waals surface area contributed by atoms with E-state index in [1.165, 1.54) is 34.6 Å². The molecular weight excluding hydrogens is 474 g/mol. The van der Waals surface area contributed by atoms with E-state index in [1.807, 2.05) is 0 Å². The highest BCUT2D eigenvalue weighted by Gasteiger charge is 2.28. The van der Waals surface area contributed by atoms with E-state index < -0.39 is 34.3 Å². The molecule has 178 valence electrons. The number of carbonyl (C=O) groups is 2. The number of piperidine rings is 1. The molecule has 1 amide bonds. The molecule has 0 unspecified atom stereocenters. The Morgan fingerprint density at radius 2 is 1.82 bits per heavy atom. The third-order valence-corrected chi connectivity index (χ3v) is 7.90. The number of hydrogen-bond donors (Lipinski definition) is 1. The molecule has 0 atom stereocenters. The van der Waals surface area contributed by atoms with Crippen LogP contribution in [-0.2, 0) is 19.6 Å². The summed E-state index contributed by atoms with van der Waals surface area (Å²) in [6.07, 6.45) is 2.55. The molecule has 0 radical (unpaired) electrons. The largest absolute Gasteiger partial charge is 0.452 e. The molecule has 1 saturated heterocycles. The zero-order valence-corrected chi connectivity index (χ0v) is 19.6. The molecule has 33 heavy (non-hydrogen) atoms. The minimum Gasteiger partial charge on any atom is -0.452 e. The molecule has 0 aliphatic carbocycles. The number of anilines is 1.